The van der Waals surface area contributed by atoms with E-state index in [9.17, 15) is 0 Å². The highest BCUT2D eigenvalue weighted by atomic mass is 16.5. The molecule has 1 nitrogen and oxygen atoms in total. The fraction of sp³-hybridized carbons (Fsp3) is 1.00. The average molecular weight is 144 g/mol. The minimum absolute atomic E-state index is 0.587. The van der Waals surface area contributed by atoms with Gasteiger partial charge in [0.05, 0.1) is 6.10 Å². The molecular formula is C9H20O. The topological polar surface area (TPSA) is 9.23 Å². The Labute approximate surface area is 64.8 Å². The predicted octanol–water partition coefficient (Wildman–Crippen LogP) is 2.99. The third-order valence-corrected chi connectivity index (χ3v) is 1.73. The van der Waals surface area contributed by atoms with Gasteiger partial charge in [-0.25, -0.2) is 0 Å². The molecule has 1 aliphatic heterocycles. The van der Waals surface area contributed by atoms with Crippen molar-refractivity contribution in [3.05, 3.63) is 0 Å². The largest absolute Gasteiger partial charge is 0.378 e. The molecule has 0 amide bonds. The molecule has 1 heterocycles. The third-order valence-electron chi connectivity index (χ3n) is 1.73. The molecule has 0 aromatic carbocycles. The predicted molar refractivity (Wildman–Crippen MR) is 45.2 cm³/mol. The second-order valence-corrected chi connectivity index (χ2v) is 2.40. The molecule has 0 aliphatic carbocycles. The monoisotopic (exact) mass is 144 g/mol. The van der Waals surface area contributed by atoms with Gasteiger partial charge in [-0.3, -0.25) is 0 Å². The van der Waals surface area contributed by atoms with E-state index in [0.717, 1.165) is 6.61 Å². The van der Waals surface area contributed by atoms with Gasteiger partial charge >= 0.3 is 0 Å². The maximum absolute atomic E-state index is 5.43. The summed E-state index contributed by atoms with van der Waals surface area (Å²) >= 11 is 0. The lowest BCUT2D eigenvalue weighted by atomic mass is 10.1. The Bertz CT molecular complexity index is 55.7. The van der Waals surface area contributed by atoms with Gasteiger partial charge in [-0.15, -0.1) is 0 Å². The summed E-state index contributed by atoms with van der Waals surface area (Å²) in [7, 11) is 0. The van der Waals surface area contributed by atoms with Crippen LogP contribution < -0.4 is 0 Å². The van der Waals surface area contributed by atoms with Gasteiger partial charge in [0.2, 0.25) is 0 Å². The SMILES string of the molecule is CC.CC[C@@H]1CCCCO1. The third kappa shape index (κ3) is 3.89. The summed E-state index contributed by atoms with van der Waals surface area (Å²) in [5.41, 5.74) is 0. The highest BCUT2D eigenvalue weighted by Gasteiger charge is 2.09. The molecule has 1 aliphatic rings. The second kappa shape index (κ2) is 7.07. The van der Waals surface area contributed by atoms with Gasteiger partial charge in [-0.2, -0.15) is 0 Å². The molecule has 62 valence electrons. The van der Waals surface area contributed by atoms with Crippen LogP contribution in [0.3, 0.4) is 0 Å². The standard InChI is InChI=1S/C7H14O.C2H6/c1-2-7-5-3-4-6-8-7;1-2/h7H,2-6H2,1H3;1-2H3/t7-;/m1./s1. The van der Waals surface area contributed by atoms with Gasteiger partial charge in [0.25, 0.3) is 0 Å². The molecule has 0 spiro atoms. The van der Waals surface area contributed by atoms with Crippen molar-refractivity contribution in [1.29, 1.82) is 0 Å². The van der Waals surface area contributed by atoms with Crippen molar-refractivity contribution in [2.75, 3.05) is 6.61 Å². The van der Waals surface area contributed by atoms with Crippen LogP contribution >= 0.6 is 0 Å². The smallest absolute Gasteiger partial charge is 0.0572 e. The van der Waals surface area contributed by atoms with E-state index in [1.54, 1.807) is 0 Å². The Balaban J connectivity index is 0.000000371. The lowest BCUT2D eigenvalue weighted by Crippen LogP contribution is -2.17. The first kappa shape index (κ1) is 9.96. The summed E-state index contributed by atoms with van der Waals surface area (Å²) in [6.07, 6.45) is 5.72. The number of hydrogen-bond acceptors (Lipinski definition) is 1. The summed E-state index contributed by atoms with van der Waals surface area (Å²) < 4.78 is 5.43. The van der Waals surface area contributed by atoms with E-state index in [1.165, 1.54) is 25.7 Å². The van der Waals surface area contributed by atoms with E-state index in [4.69, 9.17) is 4.74 Å². The van der Waals surface area contributed by atoms with Gasteiger partial charge in [0.15, 0.2) is 0 Å². The quantitative estimate of drug-likeness (QED) is 0.549. The van der Waals surface area contributed by atoms with E-state index in [1.807, 2.05) is 13.8 Å². The number of rotatable bonds is 1. The van der Waals surface area contributed by atoms with Crippen LogP contribution in [0, 0.1) is 0 Å². The fourth-order valence-corrected chi connectivity index (χ4v) is 1.13. The van der Waals surface area contributed by atoms with E-state index in [0.29, 0.717) is 6.10 Å². The zero-order chi connectivity index (χ0) is 7.82. The molecular weight excluding hydrogens is 124 g/mol. The zero-order valence-electron chi connectivity index (χ0n) is 7.52. The van der Waals surface area contributed by atoms with E-state index >= 15 is 0 Å². The van der Waals surface area contributed by atoms with Crippen LogP contribution in [0.15, 0.2) is 0 Å². The molecule has 0 bridgehead atoms. The van der Waals surface area contributed by atoms with Gasteiger partial charge in [-0.1, -0.05) is 20.8 Å². The first-order valence-electron chi connectivity index (χ1n) is 4.55. The summed E-state index contributed by atoms with van der Waals surface area (Å²) in [6, 6.07) is 0. The molecule has 1 saturated heterocycles. The Morgan fingerprint density at radius 1 is 1.30 bits per heavy atom. The highest BCUT2D eigenvalue weighted by molar-refractivity contribution is 4.60. The van der Waals surface area contributed by atoms with Crippen molar-refractivity contribution in [2.45, 2.75) is 52.6 Å². The molecule has 0 radical (unpaired) electrons. The number of ether oxygens (including phenoxy) is 1. The summed E-state index contributed by atoms with van der Waals surface area (Å²) in [5, 5.41) is 0. The lowest BCUT2D eigenvalue weighted by Gasteiger charge is -2.20. The lowest BCUT2D eigenvalue weighted by molar-refractivity contribution is 0.0143. The van der Waals surface area contributed by atoms with Crippen LogP contribution in [0.4, 0.5) is 0 Å². The normalized spacial score (nSPS) is 24.9. The van der Waals surface area contributed by atoms with Gasteiger partial charge in [-0.05, 0) is 25.7 Å². The van der Waals surface area contributed by atoms with Crippen LogP contribution in [0.1, 0.15) is 46.5 Å². The van der Waals surface area contributed by atoms with Crippen molar-refractivity contribution in [2.24, 2.45) is 0 Å². The Hall–Kier alpha value is -0.0400. The van der Waals surface area contributed by atoms with E-state index < -0.39 is 0 Å². The van der Waals surface area contributed by atoms with Crippen molar-refractivity contribution < 1.29 is 4.74 Å². The van der Waals surface area contributed by atoms with Gasteiger partial charge in [0.1, 0.15) is 0 Å². The second-order valence-electron chi connectivity index (χ2n) is 2.40. The average Bonchev–Trinajstić information content (AvgIpc) is 2.10. The highest BCUT2D eigenvalue weighted by Crippen LogP contribution is 2.14. The van der Waals surface area contributed by atoms with Crippen LogP contribution in [-0.4, -0.2) is 12.7 Å². The molecule has 1 fully saturated rings. The maximum atomic E-state index is 5.43. The van der Waals surface area contributed by atoms with E-state index in [-0.39, 0.29) is 0 Å². The summed E-state index contributed by atoms with van der Waals surface area (Å²) in [4.78, 5) is 0. The van der Waals surface area contributed by atoms with Gasteiger partial charge in [0, 0.05) is 6.61 Å². The molecule has 0 unspecified atom stereocenters. The molecule has 0 N–H and O–H groups in total. The summed E-state index contributed by atoms with van der Waals surface area (Å²) in [5.74, 6) is 0. The molecule has 0 aromatic heterocycles. The molecule has 10 heavy (non-hydrogen) atoms. The first-order chi connectivity index (χ1) is 4.93. The van der Waals surface area contributed by atoms with Crippen LogP contribution in [-0.2, 0) is 4.74 Å². The van der Waals surface area contributed by atoms with Crippen molar-refractivity contribution in [3.8, 4) is 0 Å². The minimum Gasteiger partial charge on any atom is -0.378 e. The maximum Gasteiger partial charge on any atom is 0.0572 e. The fourth-order valence-electron chi connectivity index (χ4n) is 1.13. The van der Waals surface area contributed by atoms with Crippen LogP contribution in [0.25, 0.3) is 0 Å². The van der Waals surface area contributed by atoms with E-state index in [2.05, 4.69) is 6.92 Å². The Morgan fingerprint density at radius 3 is 2.30 bits per heavy atom. The Morgan fingerprint density at radius 2 is 2.00 bits per heavy atom. The summed E-state index contributed by atoms with van der Waals surface area (Å²) in [6.45, 7) is 7.19. The van der Waals surface area contributed by atoms with Crippen LogP contribution in [0.2, 0.25) is 0 Å². The number of hydrogen-bond donors (Lipinski definition) is 0. The van der Waals surface area contributed by atoms with Crippen molar-refractivity contribution in [3.63, 3.8) is 0 Å². The van der Waals surface area contributed by atoms with Crippen molar-refractivity contribution in [1.82, 2.24) is 0 Å². The first-order valence-corrected chi connectivity index (χ1v) is 4.55. The van der Waals surface area contributed by atoms with Crippen molar-refractivity contribution >= 4 is 0 Å². The molecule has 0 saturated carbocycles. The molecule has 0 aromatic rings. The Kier molecular flexibility index (Phi) is 7.04. The van der Waals surface area contributed by atoms with Gasteiger partial charge < -0.3 is 4.74 Å². The van der Waals surface area contributed by atoms with Crippen LogP contribution in [0.5, 0.6) is 0 Å². The molecule has 1 atom stereocenters. The molecule has 1 rings (SSSR count). The zero-order valence-corrected chi connectivity index (χ0v) is 7.52. The minimum atomic E-state index is 0.587. The molecule has 1 heteroatoms.